The fraction of sp³-hybridized carbons (Fsp3) is 0.111. The van der Waals surface area contributed by atoms with Gasteiger partial charge in [0.25, 0.3) is 5.56 Å². The first kappa shape index (κ1) is 17.7. The molecule has 0 fully saturated rings. The number of rotatable bonds is 3. The SMILES string of the molecule is Cc1c(NC(=S)Nc2cccc(I)c2)c(=O)n(-c2ccccc2)n1C. The minimum atomic E-state index is -0.141. The van der Waals surface area contributed by atoms with Gasteiger partial charge in [-0.05, 0) is 72.1 Å². The van der Waals surface area contributed by atoms with E-state index in [4.69, 9.17) is 12.2 Å². The normalized spacial score (nSPS) is 10.5. The van der Waals surface area contributed by atoms with Gasteiger partial charge in [-0.2, -0.15) is 0 Å². The van der Waals surface area contributed by atoms with Crippen molar-refractivity contribution >= 4 is 51.3 Å². The van der Waals surface area contributed by atoms with E-state index in [1.54, 1.807) is 4.68 Å². The van der Waals surface area contributed by atoms with Crippen molar-refractivity contribution in [2.75, 3.05) is 10.6 Å². The van der Waals surface area contributed by atoms with Gasteiger partial charge in [-0.3, -0.25) is 9.48 Å². The number of anilines is 2. The molecule has 0 aliphatic heterocycles. The van der Waals surface area contributed by atoms with Crippen LogP contribution in [-0.2, 0) is 7.05 Å². The van der Waals surface area contributed by atoms with Crippen molar-refractivity contribution in [2.45, 2.75) is 6.92 Å². The number of benzene rings is 2. The van der Waals surface area contributed by atoms with Crippen LogP contribution < -0.4 is 16.2 Å². The molecule has 5 nitrogen and oxygen atoms in total. The maximum absolute atomic E-state index is 12.8. The fourth-order valence-electron chi connectivity index (χ4n) is 2.55. The lowest BCUT2D eigenvalue weighted by Gasteiger charge is -2.09. The maximum Gasteiger partial charge on any atom is 0.295 e. The summed E-state index contributed by atoms with van der Waals surface area (Å²) in [5, 5.41) is 6.54. The highest BCUT2D eigenvalue weighted by Gasteiger charge is 2.16. The Morgan fingerprint density at radius 3 is 2.48 bits per heavy atom. The highest BCUT2D eigenvalue weighted by molar-refractivity contribution is 14.1. The summed E-state index contributed by atoms with van der Waals surface area (Å²) in [5.41, 5.74) is 2.82. The molecule has 0 radical (unpaired) electrons. The van der Waals surface area contributed by atoms with E-state index in [0.717, 1.165) is 20.6 Å². The molecular formula is C18H17IN4OS. The lowest BCUT2D eigenvalue weighted by Crippen LogP contribution is -2.25. The van der Waals surface area contributed by atoms with Crippen molar-refractivity contribution in [3.05, 3.63) is 74.2 Å². The van der Waals surface area contributed by atoms with Crippen molar-refractivity contribution in [1.82, 2.24) is 9.36 Å². The molecule has 0 amide bonds. The van der Waals surface area contributed by atoms with E-state index in [9.17, 15) is 4.79 Å². The van der Waals surface area contributed by atoms with Crippen LogP contribution in [0, 0.1) is 10.5 Å². The summed E-state index contributed by atoms with van der Waals surface area (Å²) in [4.78, 5) is 12.8. The summed E-state index contributed by atoms with van der Waals surface area (Å²) in [6.45, 7) is 1.89. The second-order valence-electron chi connectivity index (χ2n) is 5.53. The van der Waals surface area contributed by atoms with Crippen molar-refractivity contribution in [3.8, 4) is 5.69 Å². The first-order valence-corrected chi connectivity index (χ1v) is 9.13. The lowest BCUT2D eigenvalue weighted by molar-refractivity contribution is 0.630. The molecule has 1 aromatic heterocycles. The van der Waals surface area contributed by atoms with Gasteiger partial charge in [0.1, 0.15) is 5.69 Å². The van der Waals surface area contributed by atoms with E-state index in [1.165, 1.54) is 0 Å². The number of para-hydroxylation sites is 1. The van der Waals surface area contributed by atoms with Crippen LogP contribution in [0.1, 0.15) is 5.69 Å². The predicted octanol–water partition coefficient (Wildman–Crippen LogP) is 3.90. The Morgan fingerprint density at radius 1 is 1.08 bits per heavy atom. The molecule has 3 aromatic rings. The third-order valence-electron chi connectivity index (χ3n) is 3.88. The van der Waals surface area contributed by atoms with E-state index in [2.05, 4.69) is 33.2 Å². The van der Waals surface area contributed by atoms with Gasteiger partial charge in [0, 0.05) is 16.3 Å². The van der Waals surface area contributed by atoms with Gasteiger partial charge in [0.2, 0.25) is 0 Å². The summed E-state index contributed by atoms with van der Waals surface area (Å²) < 4.78 is 4.53. The number of nitrogens with zero attached hydrogens (tertiary/aromatic N) is 2. The molecule has 0 atom stereocenters. The minimum Gasteiger partial charge on any atom is -0.332 e. The van der Waals surface area contributed by atoms with Crippen LogP contribution in [0.5, 0.6) is 0 Å². The number of thiocarbonyl (C=S) groups is 1. The van der Waals surface area contributed by atoms with Gasteiger partial charge in [-0.1, -0.05) is 24.3 Å². The Balaban J connectivity index is 1.88. The molecule has 0 saturated carbocycles. The quantitative estimate of drug-likeness (QED) is 0.456. The molecule has 128 valence electrons. The monoisotopic (exact) mass is 464 g/mol. The molecule has 0 unspecified atom stereocenters. The molecule has 0 bridgehead atoms. The standard InChI is InChI=1S/C18H17IN4OS/c1-12-16(21-18(25)20-14-8-6-7-13(19)11-14)17(24)23(22(12)2)15-9-4-3-5-10-15/h3-11H,1-2H3,(H2,20,21,25). The maximum atomic E-state index is 12.8. The molecule has 25 heavy (non-hydrogen) atoms. The Labute approximate surface area is 164 Å². The van der Waals surface area contributed by atoms with E-state index < -0.39 is 0 Å². The van der Waals surface area contributed by atoms with Gasteiger partial charge in [0.15, 0.2) is 5.11 Å². The zero-order valence-electron chi connectivity index (χ0n) is 13.8. The van der Waals surface area contributed by atoms with Crippen LogP contribution >= 0.6 is 34.8 Å². The highest BCUT2D eigenvalue weighted by Crippen LogP contribution is 2.16. The second kappa shape index (κ2) is 7.40. The predicted molar refractivity (Wildman–Crippen MR) is 115 cm³/mol. The number of nitrogens with one attached hydrogen (secondary N) is 2. The number of halogens is 1. The van der Waals surface area contributed by atoms with Crippen molar-refractivity contribution in [3.63, 3.8) is 0 Å². The van der Waals surface area contributed by atoms with E-state index in [0.29, 0.717) is 10.8 Å². The van der Waals surface area contributed by atoms with Crippen LogP contribution in [-0.4, -0.2) is 14.5 Å². The van der Waals surface area contributed by atoms with Gasteiger partial charge >= 0.3 is 0 Å². The average Bonchev–Trinajstić information content (AvgIpc) is 2.79. The van der Waals surface area contributed by atoms with Crippen LogP contribution in [0.15, 0.2) is 59.4 Å². The third-order valence-corrected chi connectivity index (χ3v) is 4.75. The van der Waals surface area contributed by atoms with Gasteiger partial charge < -0.3 is 10.6 Å². The second-order valence-corrected chi connectivity index (χ2v) is 7.18. The van der Waals surface area contributed by atoms with Gasteiger partial charge in [-0.25, -0.2) is 4.68 Å². The largest absolute Gasteiger partial charge is 0.332 e. The minimum absolute atomic E-state index is 0.141. The third kappa shape index (κ3) is 3.77. The average molecular weight is 464 g/mol. The summed E-state index contributed by atoms with van der Waals surface area (Å²) in [6.07, 6.45) is 0. The zero-order valence-corrected chi connectivity index (χ0v) is 16.8. The summed E-state index contributed by atoms with van der Waals surface area (Å²) in [6, 6.07) is 17.4. The van der Waals surface area contributed by atoms with Crippen LogP contribution in [0.3, 0.4) is 0 Å². The van der Waals surface area contributed by atoms with E-state index >= 15 is 0 Å². The molecule has 7 heteroatoms. The van der Waals surface area contributed by atoms with Gasteiger partial charge in [-0.15, -0.1) is 0 Å². The first-order valence-electron chi connectivity index (χ1n) is 7.65. The van der Waals surface area contributed by atoms with E-state index in [1.807, 2.05) is 73.3 Å². The summed E-state index contributed by atoms with van der Waals surface area (Å²) >= 11 is 7.61. The molecule has 3 rings (SSSR count). The summed E-state index contributed by atoms with van der Waals surface area (Å²) in [7, 11) is 1.85. The Hall–Kier alpha value is -2.13. The molecule has 0 spiro atoms. The highest BCUT2D eigenvalue weighted by atomic mass is 127. The summed E-state index contributed by atoms with van der Waals surface area (Å²) in [5.74, 6) is 0. The Morgan fingerprint density at radius 2 is 1.80 bits per heavy atom. The molecule has 1 heterocycles. The Bertz CT molecular complexity index is 978. The van der Waals surface area contributed by atoms with Gasteiger partial charge in [0.05, 0.1) is 11.4 Å². The molecular weight excluding hydrogens is 447 g/mol. The Kier molecular flexibility index (Phi) is 5.24. The molecule has 0 aliphatic rings. The van der Waals surface area contributed by atoms with Crippen molar-refractivity contribution in [1.29, 1.82) is 0 Å². The van der Waals surface area contributed by atoms with Crippen molar-refractivity contribution < 1.29 is 0 Å². The fourth-order valence-corrected chi connectivity index (χ4v) is 3.32. The number of hydrogen-bond donors (Lipinski definition) is 2. The molecule has 2 aromatic carbocycles. The smallest absolute Gasteiger partial charge is 0.295 e. The molecule has 2 N–H and O–H groups in total. The van der Waals surface area contributed by atoms with E-state index in [-0.39, 0.29) is 5.56 Å². The zero-order chi connectivity index (χ0) is 18.0. The van der Waals surface area contributed by atoms with Crippen LogP contribution in [0.4, 0.5) is 11.4 Å². The van der Waals surface area contributed by atoms with Crippen LogP contribution in [0.2, 0.25) is 0 Å². The molecule has 0 aliphatic carbocycles. The number of aromatic nitrogens is 2. The lowest BCUT2D eigenvalue weighted by atomic mass is 10.3. The first-order chi connectivity index (χ1) is 12.0. The van der Waals surface area contributed by atoms with Crippen molar-refractivity contribution in [2.24, 2.45) is 7.05 Å². The topological polar surface area (TPSA) is 51.0 Å². The van der Waals surface area contributed by atoms with Crippen LogP contribution in [0.25, 0.3) is 5.69 Å². The molecule has 0 saturated heterocycles. The number of hydrogen-bond acceptors (Lipinski definition) is 2.